The van der Waals surface area contributed by atoms with Crippen LogP contribution in [0.25, 0.3) is 10.9 Å². The van der Waals surface area contributed by atoms with E-state index in [9.17, 15) is 4.79 Å². The van der Waals surface area contributed by atoms with Crippen molar-refractivity contribution in [2.24, 2.45) is 0 Å². The molecule has 1 heterocycles. The van der Waals surface area contributed by atoms with Crippen molar-refractivity contribution in [3.63, 3.8) is 0 Å². The number of halogens is 1. The second-order valence-corrected chi connectivity index (χ2v) is 9.17. The number of hydrogen-bond donors (Lipinski definition) is 2. The molecule has 170 valence electrons. The molecule has 3 aromatic carbocycles. The summed E-state index contributed by atoms with van der Waals surface area (Å²) in [5, 5.41) is 5.10. The number of amides is 1. The SMILES string of the molecule is CCc1cccc2c([C@@H](CC(=O)N[C@@H](C)CCc3ccccc3)c3ccc(Cl)cc3)c[nH]c12. The molecule has 0 aliphatic heterocycles. The van der Waals surface area contributed by atoms with Crippen molar-refractivity contribution in [1.82, 2.24) is 10.3 Å². The van der Waals surface area contributed by atoms with E-state index in [1.807, 2.05) is 30.3 Å². The number of aromatic amines is 1. The lowest BCUT2D eigenvalue weighted by Crippen LogP contribution is -2.33. The third kappa shape index (κ3) is 5.66. The molecule has 0 radical (unpaired) electrons. The van der Waals surface area contributed by atoms with E-state index in [4.69, 9.17) is 11.6 Å². The Labute approximate surface area is 201 Å². The first kappa shape index (κ1) is 23.1. The largest absolute Gasteiger partial charge is 0.361 e. The minimum atomic E-state index is -0.0514. The Kier molecular flexibility index (Phi) is 7.51. The molecule has 1 amide bonds. The molecule has 0 spiro atoms. The second kappa shape index (κ2) is 10.7. The van der Waals surface area contributed by atoms with Crippen LogP contribution in [0.2, 0.25) is 5.02 Å². The van der Waals surface area contributed by atoms with Crippen LogP contribution in [0.4, 0.5) is 0 Å². The summed E-state index contributed by atoms with van der Waals surface area (Å²) in [6.45, 7) is 4.24. The fourth-order valence-corrected chi connectivity index (χ4v) is 4.67. The lowest BCUT2D eigenvalue weighted by Gasteiger charge is -2.20. The molecule has 1 aromatic heterocycles. The Hall–Kier alpha value is -3.04. The van der Waals surface area contributed by atoms with Gasteiger partial charge in [-0.25, -0.2) is 0 Å². The number of aryl methyl sites for hydroxylation is 2. The first-order chi connectivity index (χ1) is 16.0. The number of aromatic nitrogens is 1. The minimum absolute atomic E-state index is 0.0514. The number of nitrogens with one attached hydrogen (secondary N) is 2. The predicted octanol–water partition coefficient (Wildman–Crippen LogP) is 7.04. The number of carbonyl (C=O) groups excluding carboxylic acids is 1. The zero-order chi connectivity index (χ0) is 23.2. The topological polar surface area (TPSA) is 44.9 Å². The molecular weight excluding hydrogens is 428 g/mol. The van der Waals surface area contributed by atoms with E-state index in [1.165, 1.54) is 16.5 Å². The number of fused-ring (bicyclic) bond motifs is 1. The van der Waals surface area contributed by atoms with E-state index in [0.717, 1.165) is 35.9 Å². The Balaban J connectivity index is 1.53. The standard InChI is InChI=1S/C29H31ClN2O/c1-3-22-10-7-11-25-27(19-31-29(22)25)26(23-14-16-24(30)17-15-23)18-28(33)32-20(2)12-13-21-8-5-4-6-9-21/h4-11,14-17,19-20,26,31H,3,12-13,18H2,1-2H3,(H,32,33)/t20-,26-/m0/s1. The molecule has 0 saturated carbocycles. The highest BCUT2D eigenvalue weighted by Gasteiger charge is 2.23. The van der Waals surface area contributed by atoms with Crippen LogP contribution in [0.3, 0.4) is 0 Å². The smallest absolute Gasteiger partial charge is 0.221 e. The number of para-hydroxylation sites is 1. The molecule has 3 nitrogen and oxygen atoms in total. The fourth-order valence-electron chi connectivity index (χ4n) is 4.54. The highest BCUT2D eigenvalue weighted by Crippen LogP contribution is 2.35. The zero-order valence-electron chi connectivity index (χ0n) is 19.3. The number of rotatable bonds is 9. The Morgan fingerprint density at radius 1 is 1.00 bits per heavy atom. The zero-order valence-corrected chi connectivity index (χ0v) is 20.0. The maximum atomic E-state index is 13.1. The molecule has 2 atom stereocenters. The van der Waals surface area contributed by atoms with E-state index in [1.54, 1.807) is 0 Å². The van der Waals surface area contributed by atoms with E-state index in [0.29, 0.717) is 11.4 Å². The summed E-state index contributed by atoms with van der Waals surface area (Å²) in [5.41, 5.74) is 5.98. The van der Waals surface area contributed by atoms with E-state index in [2.05, 4.69) is 72.8 Å². The van der Waals surface area contributed by atoms with Gasteiger partial charge in [-0.05, 0) is 60.6 Å². The average molecular weight is 459 g/mol. The molecule has 2 N–H and O–H groups in total. The van der Waals surface area contributed by atoms with Crippen molar-refractivity contribution >= 4 is 28.4 Å². The molecule has 33 heavy (non-hydrogen) atoms. The number of H-pyrrole nitrogens is 1. The Morgan fingerprint density at radius 3 is 2.48 bits per heavy atom. The van der Waals surface area contributed by atoms with Crippen LogP contribution in [-0.2, 0) is 17.6 Å². The van der Waals surface area contributed by atoms with Crippen molar-refractivity contribution in [2.45, 2.75) is 51.5 Å². The van der Waals surface area contributed by atoms with Crippen molar-refractivity contribution < 1.29 is 4.79 Å². The average Bonchev–Trinajstić information content (AvgIpc) is 3.26. The summed E-state index contributed by atoms with van der Waals surface area (Å²) < 4.78 is 0. The first-order valence-corrected chi connectivity index (χ1v) is 12.1. The molecule has 0 aliphatic rings. The van der Waals surface area contributed by atoms with Crippen molar-refractivity contribution in [2.75, 3.05) is 0 Å². The summed E-state index contributed by atoms with van der Waals surface area (Å²) >= 11 is 6.15. The molecule has 0 saturated heterocycles. The van der Waals surface area contributed by atoms with Gasteiger partial charge in [-0.15, -0.1) is 0 Å². The monoisotopic (exact) mass is 458 g/mol. The number of carbonyl (C=O) groups is 1. The van der Waals surface area contributed by atoms with Crippen LogP contribution in [0.15, 0.2) is 79.0 Å². The van der Waals surface area contributed by atoms with Crippen LogP contribution in [0.5, 0.6) is 0 Å². The van der Waals surface area contributed by atoms with Crippen LogP contribution >= 0.6 is 11.6 Å². The van der Waals surface area contributed by atoms with E-state index < -0.39 is 0 Å². The summed E-state index contributed by atoms with van der Waals surface area (Å²) in [5.74, 6) is 0.0148. The Morgan fingerprint density at radius 2 is 1.76 bits per heavy atom. The number of benzene rings is 3. The van der Waals surface area contributed by atoms with Gasteiger partial charge in [0.2, 0.25) is 5.91 Å². The maximum Gasteiger partial charge on any atom is 0.221 e. The van der Waals surface area contributed by atoms with E-state index >= 15 is 0 Å². The van der Waals surface area contributed by atoms with Crippen LogP contribution < -0.4 is 5.32 Å². The van der Waals surface area contributed by atoms with Gasteiger partial charge in [0.1, 0.15) is 0 Å². The highest BCUT2D eigenvalue weighted by atomic mass is 35.5. The van der Waals surface area contributed by atoms with Gasteiger partial charge in [0, 0.05) is 40.5 Å². The molecule has 0 bridgehead atoms. The molecular formula is C29H31ClN2O. The van der Waals surface area contributed by atoms with E-state index in [-0.39, 0.29) is 17.9 Å². The van der Waals surface area contributed by atoms with Gasteiger partial charge in [0.25, 0.3) is 0 Å². The molecule has 4 rings (SSSR count). The summed E-state index contributed by atoms with van der Waals surface area (Å²) in [6, 6.07) is 24.8. The van der Waals surface area contributed by atoms with Gasteiger partial charge in [0.15, 0.2) is 0 Å². The van der Waals surface area contributed by atoms with Crippen molar-refractivity contribution in [3.8, 4) is 0 Å². The van der Waals surface area contributed by atoms with Gasteiger partial charge in [0.05, 0.1) is 0 Å². The van der Waals surface area contributed by atoms with Gasteiger partial charge in [-0.3, -0.25) is 4.79 Å². The first-order valence-electron chi connectivity index (χ1n) is 11.7. The number of hydrogen-bond acceptors (Lipinski definition) is 1. The van der Waals surface area contributed by atoms with Gasteiger partial charge in [-0.2, -0.15) is 0 Å². The maximum absolute atomic E-state index is 13.1. The predicted molar refractivity (Wildman–Crippen MR) is 138 cm³/mol. The van der Waals surface area contributed by atoms with Crippen molar-refractivity contribution in [3.05, 3.63) is 106 Å². The molecule has 0 fully saturated rings. The summed E-state index contributed by atoms with van der Waals surface area (Å²) in [6.07, 6.45) is 5.28. The minimum Gasteiger partial charge on any atom is -0.361 e. The molecule has 0 unspecified atom stereocenters. The molecule has 0 aliphatic carbocycles. The third-order valence-electron chi connectivity index (χ3n) is 6.37. The summed E-state index contributed by atoms with van der Waals surface area (Å²) in [7, 11) is 0. The lowest BCUT2D eigenvalue weighted by atomic mass is 9.87. The highest BCUT2D eigenvalue weighted by molar-refractivity contribution is 6.30. The lowest BCUT2D eigenvalue weighted by molar-refractivity contribution is -0.121. The quantitative estimate of drug-likeness (QED) is 0.277. The summed E-state index contributed by atoms with van der Waals surface area (Å²) in [4.78, 5) is 16.6. The van der Waals surface area contributed by atoms with Gasteiger partial charge >= 0.3 is 0 Å². The third-order valence-corrected chi connectivity index (χ3v) is 6.62. The van der Waals surface area contributed by atoms with Crippen LogP contribution in [-0.4, -0.2) is 16.9 Å². The molecule has 4 heteroatoms. The molecule has 4 aromatic rings. The second-order valence-electron chi connectivity index (χ2n) is 8.74. The Bertz CT molecular complexity index is 1200. The van der Waals surface area contributed by atoms with Gasteiger partial charge in [-0.1, -0.05) is 79.2 Å². The fraction of sp³-hybridized carbons (Fsp3) is 0.276. The van der Waals surface area contributed by atoms with Crippen LogP contribution in [0, 0.1) is 0 Å². The van der Waals surface area contributed by atoms with Crippen LogP contribution in [0.1, 0.15) is 54.9 Å². The van der Waals surface area contributed by atoms with Crippen molar-refractivity contribution in [1.29, 1.82) is 0 Å². The van der Waals surface area contributed by atoms with Gasteiger partial charge < -0.3 is 10.3 Å². The normalized spacial score (nSPS) is 13.1.